The van der Waals surface area contributed by atoms with E-state index < -0.39 is 110 Å². The second kappa shape index (κ2) is 37.3. The summed E-state index contributed by atoms with van der Waals surface area (Å²) in [5.74, 6) is -7.04. The summed E-state index contributed by atoms with van der Waals surface area (Å²) in [4.78, 5) is 48.6. The van der Waals surface area contributed by atoms with Gasteiger partial charge in [0.25, 0.3) is 0 Å². The van der Waals surface area contributed by atoms with Crippen LogP contribution < -0.4 is 21.2 Å². The van der Waals surface area contributed by atoms with Gasteiger partial charge in [-0.25, -0.2) is 33.7 Å². The SMILES string of the molecule is CCC(C)(C)C(=O)OCS(=O)(=O)[O-].CCC(C)(C)C(=O)OCS(=O)(=O)[O-].CCC(C)(C)C(=O)OCS(=O)(=O)[O-].CCC(C)(C)C(=O)OCS(=O)(=O)[O-].[H+].[H+].c1ccc([I+]c2ccccc2)cc1.c1ccc([S+](c2ccccc2)c2ccccc2)cc1. The van der Waals surface area contributed by atoms with Gasteiger partial charge in [0, 0.05) is 0 Å². The van der Waals surface area contributed by atoms with E-state index in [4.69, 9.17) is 0 Å². The summed E-state index contributed by atoms with van der Waals surface area (Å²) >= 11 is 0.0287. The van der Waals surface area contributed by atoms with Gasteiger partial charge in [0.15, 0.2) is 45.6 Å². The predicted molar refractivity (Wildman–Crippen MR) is 313 cm³/mol. The van der Waals surface area contributed by atoms with E-state index in [1.54, 1.807) is 83.1 Å². The molecule has 0 heterocycles. The van der Waals surface area contributed by atoms with Crippen LogP contribution in [0.5, 0.6) is 0 Å². The predicted octanol–water partition coefficient (Wildman–Crippen LogP) is 6.70. The fourth-order valence-corrected chi connectivity index (χ4v) is 10.4. The smallest absolute Gasteiger partial charge is 0.745 e. The minimum Gasteiger partial charge on any atom is -0.745 e. The number of esters is 4. The maximum atomic E-state index is 11.1. The monoisotopic (exact) mass is 1380 g/mol. The van der Waals surface area contributed by atoms with Crippen LogP contribution in [0, 0.1) is 28.8 Å². The molecule has 0 aromatic heterocycles. The zero-order chi connectivity index (χ0) is 64.6. The Morgan fingerprint density at radius 1 is 0.357 bits per heavy atom. The molecule has 5 aromatic carbocycles. The fourth-order valence-electron chi connectivity index (χ4n) is 5.02. The van der Waals surface area contributed by atoms with Crippen molar-refractivity contribution in [2.45, 2.75) is 123 Å². The molecule has 0 unspecified atom stereocenters. The standard InChI is InChI=1S/C18H15S.C12H10I.4C7H14O5S/c1-4-10-16(11-5-1)19(17-12-6-2-7-13-17)18-14-8-3-9-15-18;1-3-7-11(8-4-1)13-12-9-5-2-6-10-12;4*1-4-7(2,3)6(8)12-5-13(9,10)11/h1-15H;1-10H;4*4-5H2,1-3H3,(H,9,10,11)/q2*+1;;;;/p-2. The minimum atomic E-state index is -4.48. The number of ether oxygens (including phenoxy) is 4. The zero-order valence-corrected chi connectivity index (χ0v) is 55.4. The molecule has 468 valence electrons. The van der Waals surface area contributed by atoms with Crippen molar-refractivity contribution in [3.63, 3.8) is 0 Å². The highest BCUT2D eigenvalue weighted by atomic mass is 127. The summed E-state index contributed by atoms with van der Waals surface area (Å²) in [5, 5.41) is 0. The first kappa shape index (κ1) is 78.7. The molecule has 0 saturated heterocycles. The van der Waals surface area contributed by atoms with Gasteiger partial charge in [0.1, 0.15) is 40.5 Å². The molecule has 84 heavy (non-hydrogen) atoms. The third kappa shape index (κ3) is 35.9. The van der Waals surface area contributed by atoms with E-state index in [0.29, 0.717) is 25.7 Å². The van der Waals surface area contributed by atoms with Crippen LogP contribution in [0.2, 0.25) is 0 Å². The Kier molecular flexibility index (Phi) is 34.9. The molecule has 0 fully saturated rings. The first-order valence-corrected chi connectivity index (χ1v) is 35.4. The molecule has 20 nitrogen and oxygen atoms in total. The van der Waals surface area contributed by atoms with Crippen LogP contribution in [0.4, 0.5) is 0 Å². The maximum Gasteiger partial charge on any atom is 1.00 e. The van der Waals surface area contributed by atoms with Crippen LogP contribution in [0.15, 0.2) is 166 Å². The molecule has 0 amide bonds. The summed E-state index contributed by atoms with van der Waals surface area (Å²) in [6.45, 7) is 20.0. The Hall–Kier alpha value is -5.30. The number of carbonyl (C=O) groups excluding carboxylic acids is 4. The highest BCUT2D eigenvalue weighted by Gasteiger charge is 2.31. The van der Waals surface area contributed by atoms with Crippen LogP contribution in [0.25, 0.3) is 0 Å². The molecular weight excluding hydrogens is 1300 g/mol. The Bertz CT molecular complexity index is 2840. The van der Waals surface area contributed by atoms with Gasteiger partial charge >= 0.3 is 47.9 Å². The summed E-state index contributed by atoms with van der Waals surface area (Å²) in [7, 11) is -17.9. The lowest BCUT2D eigenvalue weighted by atomic mass is 9.91. The van der Waals surface area contributed by atoms with Gasteiger partial charge in [0.05, 0.1) is 32.6 Å². The Balaban J connectivity index is -0.000000965. The molecule has 0 aliphatic heterocycles. The van der Waals surface area contributed by atoms with Gasteiger partial charge in [-0.2, -0.15) is 0 Å². The molecular formula is C58H79IO20S5. The van der Waals surface area contributed by atoms with E-state index in [1.807, 2.05) is 0 Å². The van der Waals surface area contributed by atoms with Crippen molar-refractivity contribution in [3.8, 4) is 0 Å². The molecule has 0 aliphatic rings. The lowest BCUT2D eigenvalue weighted by Gasteiger charge is -2.20. The highest BCUT2D eigenvalue weighted by molar-refractivity contribution is 7.97. The Morgan fingerprint density at radius 3 is 0.679 bits per heavy atom. The van der Waals surface area contributed by atoms with Crippen molar-refractivity contribution in [3.05, 3.63) is 159 Å². The van der Waals surface area contributed by atoms with Gasteiger partial charge in [-0.1, -0.05) is 119 Å². The van der Waals surface area contributed by atoms with Crippen LogP contribution in [-0.4, -0.2) is 99.5 Å². The van der Waals surface area contributed by atoms with E-state index in [-0.39, 0.29) is 35.0 Å². The summed E-state index contributed by atoms with van der Waals surface area (Å²) in [6.07, 6.45) is 2.07. The second-order valence-electron chi connectivity index (χ2n) is 20.3. The van der Waals surface area contributed by atoms with Crippen molar-refractivity contribution in [2.75, 3.05) is 23.8 Å². The Labute approximate surface area is 513 Å². The lowest BCUT2D eigenvalue weighted by Crippen LogP contribution is -3.61. The molecule has 0 N–H and O–H groups in total. The summed E-state index contributed by atoms with van der Waals surface area (Å²) in [5.41, 5.74) is -2.98. The van der Waals surface area contributed by atoms with Gasteiger partial charge < -0.3 is 37.2 Å². The van der Waals surface area contributed by atoms with E-state index in [2.05, 4.69) is 171 Å². The van der Waals surface area contributed by atoms with E-state index in [0.717, 1.165) is 0 Å². The van der Waals surface area contributed by atoms with E-state index >= 15 is 0 Å². The zero-order valence-electron chi connectivity index (χ0n) is 51.2. The first-order chi connectivity index (χ1) is 38.7. The molecule has 0 atom stereocenters. The third-order valence-corrected chi connectivity index (χ3v) is 18.2. The molecule has 0 saturated carbocycles. The number of halogens is 1. The van der Waals surface area contributed by atoms with Crippen molar-refractivity contribution in [1.82, 2.24) is 0 Å². The van der Waals surface area contributed by atoms with E-state index in [9.17, 15) is 71.1 Å². The minimum absolute atomic E-state index is 0. The average molecular weight is 1380 g/mol. The first-order valence-electron chi connectivity index (χ1n) is 25.7. The number of benzene rings is 5. The molecule has 5 aromatic rings. The third-order valence-electron chi connectivity index (χ3n) is 11.7. The average Bonchev–Trinajstić information content (AvgIpc) is 2.88. The molecule has 0 radical (unpaired) electrons. The van der Waals surface area contributed by atoms with Crippen LogP contribution >= 0.6 is 0 Å². The normalized spacial score (nSPS) is 11.7. The number of rotatable bonds is 21. The molecule has 26 heteroatoms. The van der Waals surface area contributed by atoms with Gasteiger partial charge in [-0.3, -0.25) is 19.2 Å². The molecule has 0 bridgehead atoms. The topological polar surface area (TPSA) is 334 Å². The number of carbonyl (C=O) groups is 4. The molecule has 5 rings (SSSR count). The second-order valence-corrected chi connectivity index (χ2v) is 30.8. The highest BCUT2D eigenvalue weighted by Crippen LogP contribution is 2.31. The van der Waals surface area contributed by atoms with Gasteiger partial charge in [0.2, 0.25) is 0 Å². The lowest BCUT2D eigenvalue weighted by molar-refractivity contribution is -0.597. The quantitative estimate of drug-likeness (QED) is 0.0242. The summed E-state index contributed by atoms with van der Waals surface area (Å²) in [6, 6.07) is 53.6. The van der Waals surface area contributed by atoms with Crippen molar-refractivity contribution in [1.29, 1.82) is 0 Å². The van der Waals surface area contributed by atoms with Crippen molar-refractivity contribution < 1.29 is 114 Å². The van der Waals surface area contributed by atoms with Crippen molar-refractivity contribution >= 4 is 75.2 Å². The molecule has 0 spiro atoms. The van der Waals surface area contributed by atoms with E-state index in [1.165, 1.54) is 21.8 Å². The largest absolute Gasteiger partial charge is 1.00 e. The maximum absolute atomic E-state index is 11.1. The van der Waals surface area contributed by atoms with Crippen LogP contribution in [-0.2, 0) is 89.5 Å². The van der Waals surface area contributed by atoms with Gasteiger partial charge in [-0.05, 0) is 142 Å². The fraction of sp³-hybridized carbons (Fsp3) is 0.414. The summed E-state index contributed by atoms with van der Waals surface area (Å²) < 4.78 is 142. The van der Waals surface area contributed by atoms with Crippen LogP contribution in [0.1, 0.15) is 112 Å². The van der Waals surface area contributed by atoms with Gasteiger partial charge in [-0.15, -0.1) is 0 Å². The van der Waals surface area contributed by atoms with Crippen LogP contribution in [0.3, 0.4) is 0 Å². The van der Waals surface area contributed by atoms with Crippen molar-refractivity contribution in [2.24, 2.45) is 21.7 Å². The Morgan fingerprint density at radius 2 is 0.524 bits per heavy atom. The number of hydrogen-bond donors (Lipinski definition) is 0. The number of hydrogen-bond acceptors (Lipinski definition) is 20. The molecule has 0 aliphatic carbocycles.